The summed E-state index contributed by atoms with van der Waals surface area (Å²) in [4.78, 5) is 13.9. The Labute approximate surface area is 305 Å². The third kappa shape index (κ3) is 5.78. The van der Waals surface area contributed by atoms with Crippen LogP contribution in [0.2, 0.25) is 0 Å². The van der Waals surface area contributed by atoms with Crippen molar-refractivity contribution in [3.05, 3.63) is 174 Å². The maximum absolute atomic E-state index is 5.29. The van der Waals surface area contributed by atoms with Gasteiger partial charge in [0.05, 0.1) is 33.8 Å². The smallest absolute Gasteiger partial charge is 0.0737 e. The number of hydrogen-bond donors (Lipinski definition) is 1. The average Bonchev–Trinajstić information content (AvgIpc) is 3.95. The Bertz CT molecular complexity index is 2530. The number of hydrogen-bond acceptors (Lipinski definition) is 2. The van der Waals surface area contributed by atoms with Crippen LogP contribution in [0.1, 0.15) is 22.8 Å². The van der Waals surface area contributed by atoms with E-state index in [0.717, 1.165) is 83.9 Å². The summed E-state index contributed by atoms with van der Waals surface area (Å²) in [6, 6.07) is 53.3. The molecule has 7 aromatic rings. The number of nitrogens with one attached hydrogen (secondary N) is 1. The molecule has 4 radical (unpaired) electrons. The minimum absolute atomic E-state index is 0. The van der Waals surface area contributed by atoms with Gasteiger partial charge in [0.15, 0.2) is 0 Å². The number of fused-ring (bicyclic) bond motifs is 8. The van der Waals surface area contributed by atoms with Gasteiger partial charge in [-0.3, -0.25) is 0 Å². The first-order valence-electron chi connectivity index (χ1n) is 16.2. The predicted molar refractivity (Wildman–Crippen MR) is 206 cm³/mol. The first-order chi connectivity index (χ1) is 23.8. The number of aromatic amines is 1. The zero-order valence-corrected chi connectivity index (χ0v) is 30.5. The van der Waals surface area contributed by atoms with Crippen LogP contribution in [0, 0.1) is 0 Å². The fourth-order valence-corrected chi connectivity index (χ4v) is 6.81. The van der Waals surface area contributed by atoms with E-state index in [0.29, 0.717) is 0 Å². The summed E-state index contributed by atoms with van der Waals surface area (Å²) < 4.78 is 2.41. The Hall–Kier alpha value is -5.60. The molecular formula is C44H30N4Pb. The van der Waals surface area contributed by atoms with Gasteiger partial charge < -0.3 is 9.55 Å². The van der Waals surface area contributed by atoms with Crippen LogP contribution >= 0.6 is 0 Å². The molecule has 0 saturated carbocycles. The Kier molecular flexibility index (Phi) is 8.23. The summed E-state index contributed by atoms with van der Waals surface area (Å²) in [5.41, 5.74) is 15.4. The second-order valence-electron chi connectivity index (χ2n) is 12.0. The van der Waals surface area contributed by atoms with Crippen molar-refractivity contribution in [2.24, 2.45) is 0 Å². The molecule has 230 valence electrons. The molecule has 5 heterocycles. The minimum Gasteiger partial charge on any atom is -0.355 e. The van der Waals surface area contributed by atoms with Crippen LogP contribution in [0.4, 0.5) is 0 Å². The van der Waals surface area contributed by atoms with Gasteiger partial charge in [-0.1, -0.05) is 109 Å². The second kappa shape index (κ2) is 13.1. The summed E-state index contributed by atoms with van der Waals surface area (Å²) in [6.07, 6.45) is 8.44. The van der Waals surface area contributed by atoms with Crippen molar-refractivity contribution in [2.45, 2.75) is 0 Å². The van der Waals surface area contributed by atoms with E-state index in [1.54, 1.807) is 0 Å². The summed E-state index contributed by atoms with van der Waals surface area (Å²) in [6.45, 7) is 0. The molecule has 49 heavy (non-hydrogen) atoms. The molecular weight excluding hydrogens is 792 g/mol. The molecule has 0 saturated heterocycles. The molecule has 9 rings (SSSR count). The van der Waals surface area contributed by atoms with Gasteiger partial charge in [0, 0.05) is 60.7 Å². The first kappa shape index (κ1) is 30.7. The van der Waals surface area contributed by atoms with Crippen molar-refractivity contribution in [3.8, 4) is 39.1 Å². The number of para-hydroxylation sites is 1. The minimum atomic E-state index is 0. The van der Waals surface area contributed by atoms with Crippen molar-refractivity contribution in [1.82, 2.24) is 19.5 Å². The van der Waals surface area contributed by atoms with Crippen molar-refractivity contribution >= 4 is 73.7 Å². The Balaban J connectivity index is 0.00000348. The number of nitrogens with zero attached hydrogens (tertiary/aromatic N) is 3. The topological polar surface area (TPSA) is 46.5 Å². The van der Waals surface area contributed by atoms with Crippen LogP contribution < -0.4 is 0 Å². The fraction of sp³-hybridized carbons (Fsp3) is 0. The zero-order valence-electron chi connectivity index (χ0n) is 26.6. The van der Waals surface area contributed by atoms with Crippen LogP contribution in [0.15, 0.2) is 152 Å². The van der Waals surface area contributed by atoms with Crippen molar-refractivity contribution in [2.75, 3.05) is 0 Å². The summed E-state index contributed by atoms with van der Waals surface area (Å²) in [5.74, 6) is 0. The summed E-state index contributed by atoms with van der Waals surface area (Å²) in [5, 5.41) is 0. The molecule has 3 aromatic heterocycles. The fourth-order valence-electron chi connectivity index (χ4n) is 6.81. The van der Waals surface area contributed by atoms with Gasteiger partial charge in [0.25, 0.3) is 0 Å². The predicted octanol–water partition coefficient (Wildman–Crippen LogP) is 10.7. The molecule has 0 fully saturated rings. The van der Waals surface area contributed by atoms with Crippen LogP contribution in [0.25, 0.3) is 85.4 Å². The quantitative estimate of drug-likeness (QED) is 0.180. The van der Waals surface area contributed by atoms with Crippen molar-refractivity contribution < 1.29 is 0 Å². The van der Waals surface area contributed by atoms with E-state index in [1.807, 2.05) is 0 Å². The van der Waals surface area contributed by atoms with Gasteiger partial charge in [0.2, 0.25) is 0 Å². The molecule has 0 spiro atoms. The number of rotatable bonds is 4. The summed E-state index contributed by atoms with van der Waals surface area (Å²) in [7, 11) is 0. The van der Waals surface area contributed by atoms with E-state index in [2.05, 4.69) is 186 Å². The van der Waals surface area contributed by atoms with Crippen LogP contribution in [-0.2, 0) is 0 Å². The molecule has 0 atom stereocenters. The Morgan fingerprint density at radius 3 is 1.49 bits per heavy atom. The second-order valence-corrected chi connectivity index (χ2v) is 12.0. The van der Waals surface area contributed by atoms with E-state index in [9.17, 15) is 0 Å². The van der Waals surface area contributed by atoms with E-state index in [1.165, 1.54) is 0 Å². The van der Waals surface area contributed by atoms with Gasteiger partial charge in [-0.15, -0.1) is 0 Å². The molecule has 0 aliphatic carbocycles. The van der Waals surface area contributed by atoms with Crippen LogP contribution in [0.5, 0.6) is 0 Å². The number of H-pyrrole nitrogens is 1. The van der Waals surface area contributed by atoms with Crippen LogP contribution in [-0.4, -0.2) is 46.8 Å². The molecule has 5 heteroatoms. The normalized spacial score (nSPS) is 11.8. The van der Waals surface area contributed by atoms with Gasteiger partial charge in [-0.05, 0) is 83.5 Å². The molecule has 2 aliphatic rings. The molecule has 4 aromatic carbocycles. The molecule has 1 N–H and O–H groups in total. The molecule has 8 bridgehead atoms. The standard InChI is InChI=1S/C44H30N4.Pb/c1-5-13-30(14-6-1)41-39-26-25-36(47-39)28-35-22-21-33(45-35)27-34-23-24-37(46-34)29-40-42(31-15-7-2-8-16-31)43(32-17-9-3-10-18-32)44(41)48(40)38-19-11-4-12-20-38;/h1-29,45H;. The van der Waals surface area contributed by atoms with Crippen LogP contribution in [0.3, 0.4) is 0 Å². The molecule has 0 unspecified atom stereocenters. The molecule has 4 nitrogen and oxygen atoms in total. The maximum Gasteiger partial charge on any atom is 0.0737 e. The van der Waals surface area contributed by atoms with Gasteiger partial charge in [-0.25, -0.2) is 9.97 Å². The third-order valence-corrected chi connectivity index (χ3v) is 8.87. The molecule has 2 aliphatic heterocycles. The van der Waals surface area contributed by atoms with E-state index >= 15 is 0 Å². The van der Waals surface area contributed by atoms with E-state index in [4.69, 9.17) is 9.97 Å². The molecule has 0 amide bonds. The van der Waals surface area contributed by atoms with Gasteiger partial charge in [0.1, 0.15) is 0 Å². The van der Waals surface area contributed by atoms with Gasteiger partial charge >= 0.3 is 0 Å². The van der Waals surface area contributed by atoms with Crippen molar-refractivity contribution in [1.29, 1.82) is 0 Å². The van der Waals surface area contributed by atoms with Crippen molar-refractivity contribution in [3.63, 3.8) is 0 Å². The number of aromatic nitrogens is 4. The Morgan fingerprint density at radius 1 is 0.429 bits per heavy atom. The summed E-state index contributed by atoms with van der Waals surface area (Å²) >= 11 is 0. The monoisotopic (exact) mass is 822 g/mol. The van der Waals surface area contributed by atoms with E-state index in [-0.39, 0.29) is 27.3 Å². The SMILES string of the molecule is C1=Cc2cc3c(-c4ccccc4)c(-c4ccccc4)c(c(-c4ccccc4)c4nc(cc5ccc(cc1n2)[nH]5)C=C4)n3-c1ccccc1.[Pb]. The third-order valence-electron chi connectivity index (χ3n) is 8.87. The first-order valence-corrected chi connectivity index (χ1v) is 16.2. The Morgan fingerprint density at radius 2 is 0.898 bits per heavy atom. The van der Waals surface area contributed by atoms with E-state index < -0.39 is 0 Å². The number of benzene rings is 4. The maximum atomic E-state index is 5.29. The zero-order chi connectivity index (χ0) is 31.9. The largest absolute Gasteiger partial charge is 0.355 e. The van der Waals surface area contributed by atoms with Gasteiger partial charge in [-0.2, -0.15) is 0 Å². The average molecular weight is 822 g/mol.